The third-order valence-corrected chi connectivity index (χ3v) is 2.87. The molecule has 1 rings (SSSR count). The number of allylic oxidation sites excluding steroid dienone is 4. The summed E-state index contributed by atoms with van der Waals surface area (Å²) in [5.74, 6) is 0. The van der Waals surface area contributed by atoms with E-state index in [1.54, 1.807) is 17.8 Å². The molecule has 0 fully saturated rings. The summed E-state index contributed by atoms with van der Waals surface area (Å²) in [4.78, 5) is 2.32. The zero-order valence-electron chi connectivity index (χ0n) is 9.31. The average molecular weight is 232 g/mol. The topological polar surface area (TPSA) is 52.0 Å². The largest absolute Gasteiger partial charge is 0.399 e. The summed E-state index contributed by atoms with van der Waals surface area (Å²) < 4.78 is 0. The second-order valence-electron chi connectivity index (χ2n) is 3.32. The van der Waals surface area contributed by atoms with Crippen LogP contribution in [0.25, 0.3) is 0 Å². The Bertz CT molecular complexity index is 416. The monoisotopic (exact) mass is 232 g/mol. The lowest BCUT2D eigenvalue weighted by molar-refractivity contribution is 1.42. The van der Waals surface area contributed by atoms with Crippen LogP contribution in [-0.4, -0.2) is 0 Å². The highest BCUT2D eigenvalue weighted by Crippen LogP contribution is 2.26. The normalized spacial score (nSPS) is 12.6. The van der Waals surface area contributed by atoms with Crippen molar-refractivity contribution in [3.63, 3.8) is 0 Å². The van der Waals surface area contributed by atoms with Gasteiger partial charge in [0.25, 0.3) is 0 Å². The van der Waals surface area contributed by atoms with E-state index in [2.05, 4.69) is 6.58 Å². The third-order valence-electron chi connectivity index (χ3n) is 1.91. The van der Waals surface area contributed by atoms with Crippen molar-refractivity contribution in [1.82, 2.24) is 0 Å². The van der Waals surface area contributed by atoms with E-state index in [1.807, 2.05) is 43.3 Å². The van der Waals surface area contributed by atoms with E-state index in [9.17, 15) is 0 Å². The molecule has 84 valence electrons. The van der Waals surface area contributed by atoms with Gasteiger partial charge >= 0.3 is 0 Å². The van der Waals surface area contributed by atoms with Gasteiger partial charge in [0.1, 0.15) is 0 Å². The molecule has 1 aromatic rings. The van der Waals surface area contributed by atoms with Gasteiger partial charge in [-0.1, -0.05) is 24.4 Å². The number of nitrogen functional groups attached to an aromatic ring is 1. The molecule has 0 radical (unpaired) electrons. The van der Waals surface area contributed by atoms with Gasteiger partial charge in [0.05, 0.1) is 0 Å². The van der Waals surface area contributed by atoms with Gasteiger partial charge in [-0.05, 0) is 48.2 Å². The first-order valence-corrected chi connectivity index (χ1v) is 5.73. The van der Waals surface area contributed by atoms with Crippen LogP contribution in [0.15, 0.2) is 64.6 Å². The Morgan fingerprint density at radius 3 is 2.44 bits per heavy atom. The first kappa shape index (κ1) is 12.5. The van der Waals surface area contributed by atoms with Gasteiger partial charge < -0.3 is 11.5 Å². The Hall–Kier alpha value is -1.61. The number of thioether (sulfide) groups is 1. The van der Waals surface area contributed by atoms with E-state index in [0.717, 1.165) is 15.5 Å². The zero-order chi connectivity index (χ0) is 12.0. The van der Waals surface area contributed by atoms with Crippen LogP contribution in [0.1, 0.15) is 6.92 Å². The standard InChI is InChI=1S/C13H16N2S/c1-3-11(14)5-4-10(2)16-13-8-6-12(15)7-9-13/h3-9H,1,14-15H2,2H3/b10-4+,11-5+. The summed E-state index contributed by atoms with van der Waals surface area (Å²) >= 11 is 1.68. The number of benzene rings is 1. The smallest absolute Gasteiger partial charge is 0.0314 e. The number of hydrogen-bond donors (Lipinski definition) is 2. The first-order valence-electron chi connectivity index (χ1n) is 4.91. The molecule has 0 saturated carbocycles. The molecule has 0 spiro atoms. The maximum atomic E-state index is 5.61. The Labute approximate surface area is 101 Å². The molecule has 0 heterocycles. The van der Waals surface area contributed by atoms with Crippen molar-refractivity contribution >= 4 is 17.4 Å². The average Bonchev–Trinajstić information content (AvgIpc) is 2.29. The Morgan fingerprint density at radius 1 is 1.25 bits per heavy atom. The fraction of sp³-hybridized carbons (Fsp3) is 0.0769. The molecule has 1 aromatic carbocycles. The van der Waals surface area contributed by atoms with Crippen molar-refractivity contribution in [2.75, 3.05) is 5.73 Å². The molecule has 0 atom stereocenters. The molecule has 0 aliphatic heterocycles. The van der Waals surface area contributed by atoms with E-state index in [-0.39, 0.29) is 0 Å². The van der Waals surface area contributed by atoms with Crippen molar-refractivity contribution in [2.24, 2.45) is 5.73 Å². The molecule has 16 heavy (non-hydrogen) atoms. The maximum Gasteiger partial charge on any atom is 0.0314 e. The Balaban J connectivity index is 2.67. The molecule has 2 nitrogen and oxygen atoms in total. The van der Waals surface area contributed by atoms with E-state index in [1.165, 1.54) is 0 Å². The summed E-state index contributed by atoms with van der Waals surface area (Å²) in [5, 5.41) is 0. The van der Waals surface area contributed by atoms with E-state index in [0.29, 0.717) is 5.70 Å². The Morgan fingerprint density at radius 2 is 1.88 bits per heavy atom. The van der Waals surface area contributed by atoms with Crippen molar-refractivity contribution in [3.8, 4) is 0 Å². The third kappa shape index (κ3) is 4.28. The van der Waals surface area contributed by atoms with E-state index < -0.39 is 0 Å². The van der Waals surface area contributed by atoms with Crippen LogP contribution < -0.4 is 11.5 Å². The van der Waals surface area contributed by atoms with Gasteiger partial charge in [0.15, 0.2) is 0 Å². The van der Waals surface area contributed by atoms with Gasteiger partial charge in [-0.15, -0.1) is 0 Å². The van der Waals surface area contributed by atoms with Crippen molar-refractivity contribution in [3.05, 3.63) is 59.7 Å². The van der Waals surface area contributed by atoms with Crippen LogP contribution in [0.4, 0.5) is 5.69 Å². The summed E-state index contributed by atoms with van der Waals surface area (Å²) in [6, 6.07) is 7.78. The molecule has 0 saturated heterocycles. The number of anilines is 1. The van der Waals surface area contributed by atoms with Crippen LogP contribution >= 0.6 is 11.8 Å². The lowest BCUT2D eigenvalue weighted by atomic mass is 10.3. The molecule has 0 aromatic heterocycles. The lowest BCUT2D eigenvalue weighted by Gasteiger charge is -2.01. The molecule has 0 amide bonds. The zero-order valence-corrected chi connectivity index (χ0v) is 10.1. The molecule has 0 bridgehead atoms. The van der Waals surface area contributed by atoms with Crippen LogP contribution in [0.2, 0.25) is 0 Å². The second-order valence-corrected chi connectivity index (χ2v) is 4.64. The highest BCUT2D eigenvalue weighted by atomic mass is 32.2. The quantitative estimate of drug-likeness (QED) is 0.476. The van der Waals surface area contributed by atoms with Gasteiger partial charge in [-0.3, -0.25) is 0 Å². The minimum atomic E-state index is 0.664. The fourth-order valence-electron chi connectivity index (χ4n) is 1.04. The van der Waals surface area contributed by atoms with Crippen LogP contribution in [0.5, 0.6) is 0 Å². The minimum Gasteiger partial charge on any atom is -0.399 e. The SMILES string of the molecule is C=C/C(N)=C\C=C(/C)Sc1ccc(N)cc1. The van der Waals surface area contributed by atoms with Crippen LogP contribution in [0, 0.1) is 0 Å². The van der Waals surface area contributed by atoms with Gasteiger partial charge in [0, 0.05) is 16.3 Å². The molecule has 0 unspecified atom stereocenters. The van der Waals surface area contributed by atoms with Crippen molar-refractivity contribution < 1.29 is 0 Å². The second kappa shape index (κ2) is 6.08. The predicted molar refractivity (Wildman–Crippen MR) is 72.9 cm³/mol. The fourth-order valence-corrected chi connectivity index (χ4v) is 1.82. The first-order chi connectivity index (χ1) is 7.61. The van der Waals surface area contributed by atoms with E-state index in [4.69, 9.17) is 11.5 Å². The van der Waals surface area contributed by atoms with Crippen LogP contribution in [0.3, 0.4) is 0 Å². The number of hydrogen-bond acceptors (Lipinski definition) is 3. The highest BCUT2D eigenvalue weighted by molar-refractivity contribution is 8.03. The van der Waals surface area contributed by atoms with Gasteiger partial charge in [-0.25, -0.2) is 0 Å². The number of nitrogens with two attached hydrogens (primary N) is 2. The minimum absolute atomic E-state index is 0.664. The molecular weight excluding hydrogens is 216 g/mol. The van der Waals surface area contributed by atoms with Gasteiger partial charge in [0.2, 0.25) is 0 Å². The summed E-state index contributed by atoms with van der Waals surface area (Å²) in [6.45, 7) is 5.62. The summed E-state index contributed by atoms with van der Waals surface area (Å²) in [7, 11) is 0. The summed E-state index contributed by atoms with van der Waals surface area (Å²) in [5.41, 5.74) is 12.7. The van der Waals surface area contributed by atoms with Gasteiger partial charge in [-0.2, -0.15) is 0 Å². The molecular formula is C13H16N2S. The lowest BCUT2D eigenvalue weighted by Crippen LogP contribution is -1.90. The van der Waals surface area contributed by atoms with Crippen molar-refractivity contribution in [2.45, 2.75) is 11.8 Å². The molecule has 3 heteroatoms. The van der Waals surface area contributed by atoms with E-state index >= 15 is 0 Å². The molecule has 4 N–H and O–H groups in total. The molecule has 0 aliphatic carbocycles. The number of rotatable bonds is 4. The van der Waals surface area contributed by atoms with Crippen LogP contribution in [-0.2, 0) is 0 Å². The predicted octanol–water partition coefficient (Wildman–Crippen LogP) is 3.29. The maximum absolute atomic E-state index is 5.61. The van der Waals surface area contributed by atoms with Crippen molar-refractivity contribution in [1.29, 1.82) is 0 Å². The Kier molecular flexibility index (Phi) is 4.73. The molecule has 0 aliphatic rings. The highest BCUT2D eigenvalue weighted by Gasteiger charge is 1.94. The summed E-state index contributed by atoms with van der Waals surface area (Å²) in [6.07, 6.45) is 5.43.